The fourth-order valence-corrected chi connectivity index (χ4v) is 2.49. The van der Waals surface area contributed by atoms with Gasteiger partial charge >= 0.3 is 0 Å². The molecule has 0 spiro atoms. The van der Waals surface area contributed by atoms with Crippen molar-refractivity contribution >= 4 is 21.6 Å². The van der Waals surface area contributed by atoms with E-state index in [1.165, 1.54) is 30.6 Å². The molecule has 0 unspecified atom stereocenters. The predicted molar refractivity (Wildman–Crippen MR) is 77.2 cm³/mol. The number of benzene rings is 1. The summed E-state index contributed by atoms with van der Waals surface area (Å²) in [7, 11) is 0. The molecule has 2 N–H and O–H groups in total. The summed E-state index contributed by atoms with van der Waals surface area (Å²) in [6, 6.07) is 6.92. The van der Waals surface area contributed by atoms with Gasteiger partial charge in [-0.2, -0.15) is 0 Å². The van der Waals surface area contributed by atoms with Crippen LogP contribution in [-0.2, 0) is 6.54 Å². The SMILES string of the molecule is CC(C)N(CC1CC1)c1cc(Br)ccc1CN. The zero-order chi connectivity index (χ0) is 12.4. The van der Waals surface area contributed by atoms with Gasteiger partial charge in [0.1, 0.15) is 0 Å². The largest absolute Gasteiger partial charge is 0.369 e. The maximum atomic E-state index is 5.84. The van der Waals surface area contributed by atoms with E-state index in [2.05, 4.69) is 52.9 Å². The Kier molecular flexibility index (Phi) is 4.10. The summed E-state index contributed by atoms with van der Waals surface area (Å²) in [6.45, 7) is 6.28. The van der Waals surface area contributed by atoms with Crippen LogP contribution in [0, 0.1) is 5.92 Å². The van der Waals surface area contributed by atoms with E-state index in [9.17, 15) is 0 Å². The van der Waals surface area contributed by atoms with E-state index in [4.69, 9.17) is 5.73 Å². The van der Waals surface area contributed by atoms with Crippen LogP contribution in [0.3, 0.4) is 0 Å². The molecule has 0 radical (unpaired) electrons. The normalized spacial score (nSPS) is 15.4. The molecule has 1 aliphatic carbocycles. The van der Waals surface area contributed by atoms with E-state index >= 15 is 0 Å². The van der Waals surface area contributed by atoms with Crippen LogP contribution in [0.1, 0.15) is 32.3 Å². The first-order valence-electron chi connectivity index (χ1n) is 6.37. The molecule has 17 heavy (non-hydrogen) atoms. The van der Waals surface area contributed by atoms with Gasteiger partial charge in [0.05, 0.1) is 0 Å². The third-order valence-electron chi connectivity index (χ3n) is 3.35. The van der Waals surface area contributed by atoms with E-state index in [-0.39, 0.29) is 0 Å². The molecule has 0 aliphatic heterocycles. The molecule has 1 aliphatic rings. The molecule has 0 bridgehead atoms. The number of nitrogens with zero attached hydrogens (tertiary/aromatic N) is 1. The summed E-state index contributed by atoms with van der Waals surface area (Å²) in [5, 5.41) is 0. The maximum absolute atomic E-state index is 5.84. The van der Waals surface area contributed by atoms with Crippen molar-refractivity contribution in [2.24, 2.45) is 11.7 Å². The molecular formula is C14H21BrN2. The van der Waals surface area contributed by atoms with Gasteiger partial charge in [-0.05, 0) is 50.3 Å². The average Bonchev–Trinajstić information content (AvgIpc) is 3.09. The van der Waals surface area contributed by atoms with Crippen LogP contribution in [0.25, 0.3) is 0 Å². The summed E-state index contributed by atoms with van der Waals surface area (Å²) in [5.74, 6) is 0.891. The Balaban J connectivity index is 2.29. The van der Waals surface area contributed by atoms with Crippen molar-refractivity contribution in [1.29, 1.82) is 0 Å². The lowest BCUT2D eigenvalue weighted by Gasteiger charge is -2.31. The Bertz CT molecular complexity index is 386. The summed E-state index contributed by atoms with van der Waals surface area (Å²) < 4.78 is 1.13. The second-order valence-corrected chi connectivity index (χ2v) is 6.08. The average molecular weight is 297 g/mol. The minimum absolute atomic E-state index is 0.523. The van der Waals surface area contributed by atoms with Crippen LogP contribution in [0.4, 0.5) is 5.69 Å². The highest BCUT2D eigenvalue weighted by Crippen LogP contribution is 2.34. The number of halogens is 1. The molecule has 0 saturated heterocycles. The van der Waals surface area contributed by atoms with Crippen molar-refractivity contribution in [3.8, 4) is 0 Å². The quantitative estimate of drug-likeness (QED) is 0.901. The zero-order valence-electron chi connectivity index (χ0n) is 10.6. The Labute approximate surface area is 112 Å². The van der Waals surface area contributed by atoms with E-state index in [1.807, 2.05) is 0 Å². The van der Waals surface area contributed by atoms with Crippen LogP contribution in [0.15, 0.2) is 22.7 Å². The molecule has 1 aromatic rings. The van der Waals surface area contributed by atoms with Gasteiger partial charge in [-0.3, -0.25) is 0 Å². The van der Waals surface area contributed by atoms with Crippen LogP contribution >= 0.6 is 15.9 Å². The highest BCUT2D eigenvalue weighted by Gasteiger charge is 2.26. The van der Waals surface area contributed by atoms with Gasteiger partial charge in [0.2, 0.25) is 0 Å². The van der Waals surface area contributed by atoms with Crippen molar-refractivity contribution in [1.82, 2.24) is 0 Å². The minimum atomic E-state index is 0.523. The Hall–Kier alpha value is -0.540. The molecule has 1 fully saturated rings. The second kappa shape index (κ2) is 5.40. The molecule has 0 heterocycles. The third-order valence-corrected chi connectivity index (χ3v) is 3.85. The van der Waals surface area contributed by atoms with E-state index < -0.39 is 0 Å². The molecule has 2 rings (SSSR count). The summed E-state index contributed by atoms with van der Waals surface area (Å²) in [4.78, 5) is 2.49. The van der Waals surface area contributed by atoms with Gasteiger partial charge in [0.15, 0.2) is 0 Å². The van der Waals surface area contributed by atoms with Gasteiger partial charge in [-0.1, -0.05) is 22.0 Å². The minimum Gasteiger partial charge on any atom is -0.369 e. The number of hydrogen-bond donors (Lipinski definition) is 1. The van der Waals surface area contributed by atoms with E-state index in [1.54, 1.807) is 0 Å². The monoisotopic (exact) mass is 296 g/mol. The number of nitrogens with two attached hydrogens (primary N) is 1. The van der Waals surface area contributed by atoms with Crippen molar-refractivity contribution < 1.29 is 0 Å². The number of anilines is 1. The van der Waals surface area contributed by atoms with E-state index in [0.29, 0.717) is 12.6 Å². The fraction of sp³-hybridized carbons (Fsp3) is 0.571. The van der Waals surface area contributed by atoms with Crippen LogP contribution < -0.4 is 10.6 Å². The van der Waals surface area contributed by atoms with Gasteiger partial charge < -0.3 is 10.6 Å². The van der Waals surface area contributed by atoms with Crippen molar-refractivity contribution in [3.63, 3.8) is 0 Å². The summed E-state index contributed by atoms with van der Waals surface area (Å²) in [5.41, 5.74) is 8.38. The van der Waals surface area contributed by atoms with Crippen molar-refractivity contribution in [3.05, 3.63) is 28.2 Å². The Morgan fingerprint density at radius 1 is 1.41 bits per heavy atom. The molecular weight excluding hydrogens is 276 g/mol. The van der Waals surface area contributed by atoms with Gasteiger partial charge in [0.25, 0.3) is 0 Å². The van der Waals surface area contributed by atoms with Crippen molar-refractivity contribution in [2.45, 2.75) is 39.3 Å². The van der Waals surface area contributed by atoms with Crippen LogP contribution in [0.5, 0.6) is 0 Å². The second-order valence-electron chi connectivity index (χ2n) is 5.17. The molecule has 3 heteroatoms. The Morgan fingerprint density at radius 3 is 2.65 bits per heavy atom. The standard InChI is InChI=1S/C14H21BrN2/c1-10(2)17(9-11-3-4-11)14-7-13(15)6-5-12(14)8-16/h5-7,10-11H,3-4,8-9,16H2,1-2H3. The first-order chi connectivity index (χ1) is 8.11. The maximum Gasteiger partial charge on any atom is 0.0425 e. The Morgan fingerprint density at radius 2 is 2.12 bits per heavy atom. The lowest BCUT2D eigenvalue weighted by atomic mass is 10.1. The molecule has 1 aromatic carbocycles. The molecule has 1 saturated carbocycles. The zero-order valence-corrected chi connectivity index (χ0v) is 12.2. The summed E-state index contributed by atoms with van der Waals surface area (Å²) in [6.07, 6.45) is 2.77. The molecule has 0 amide bonds. The predicted octanol–water partition coefficient (Wildman–Crippen LogP) is 3.53. The lowest BCUT2D eigenvalue weighted by molar-refractivity contribution is 0.641. The van der Waals surface area contributed by atoms with Gasteiger partial charge in [0, 0.05) is 29.3 Å². The molecule has 2 nitrogen and oxygen atoms in total. The fourth-order valence-electron chi connectivity index (χ4n) is 2.14. The first kappa shape index (κ1) is 12.9. The lowest BCUT2D eigenvalue weighted by Crippen LogP contribution is -2.33. The van der Waals surface area contributed by atoms with Gasteiger partial charge in [-0.25, -0.2) is 0 Å². The van der Waals surface area contributed by atoms with E-state index in [0.717, 1.165) is 10.4 Å². The number of hydrogen-bond acceptors (Lipinski definition) is 2. The third kappa shape index (κ3) is 3.23. The number of rotatable bonds is 5. The van der Waals surface area contributed by atoms with Crippen LogP contribution in [-0.4, -0.2) is 12.6 Å². The molecule has 0 aromatic heterocycles. The topological polar surface area (TPSA) is 29.3 Å². The van der Waals surface area contributed by atoms with Gasteiger partial charge in [-0.15, -0.1) is 0 Å². The molecule has 94 valence electrons. The smallest absolute Gasteiger partial charge is 0.0425 e. The first-order valence-corrected chi connectivity index (χ1v) is 7.16. The van der Waals surface area contributed by atoms with Crippen LogP contribution in [0.2, 0.25) is 0 Å². The highest BCUT2D eigenvalue weighted by atomic mass is 79.9. The highest BCUT2D eigenvalue weighted by molar-refractivity contribution is 9.10. The summed E-state index contributed by atoms with van der Waals surface area (Å²) >= 11 is 3.56. The molecule has 0 atom stereocenters. The van der Waals surface area contributed by atoms with Crippen molar-refractivity contribution in [2.75, 3.05) is 11.4 Å².